The third-order valence-electron chi connectivity index (χ3n) is 6.43. The van der Waals surface area contributed by atoms with Crippen LogP contribution in [0.5, 0.6) is 5.75 Å². The van der Waals surface area contributed by atoms with Gasteiger partial charge in [-0.2, -0.15) is 5.26 Å². The van der Waals surface area contributed by atoms with E-state index in [9.17, 15) is 14.4 Å². The number of carbonyl (C=O) groups excluding carboxylic acids is 1. The highest BCUT2D eigenvalue weighted by Gasteiger charge is 2.24. The van der Waals surface area contributed by atoms with Gasteiger partial charge in [-0.15, -0.1) is 0 Å². The minimum atomic E-state index is -0.871. The van der Waals surface area contributed by atoms with Crippen LogP contribution in [-0.4, -0.2) is 56.3 Å². The van der Waals surface area contributed by atoms with Crippen LogP contribution in [0.3, 0.4) is 0 Å². The Labute approximate surface area is 208 Å². The summed E-state index contributed by atoms with van der Waals surface area (Å²) in [6.07, 6.45) is 1.30. The molecule has 1 atom stereocenters. The molecule has 0 N–H and O–H groups in total. The molecule has 2 aromatic carbocycles. The maximum absolute atomic E-state index is 13.7. The summed E-state index contributed by atoms with van der Waals surface area (Å²) in [6, 6.07) is 16.7. The van der Waals surface area contributed by atoms with Crippen LogP contribution in [0.15, 0.2) is 59.1 Å². The fourth-order valence-electron chi connectivity index (χ4n) is 4.59. The number of pyridine rings is 1. The molecule has 1 aliphatic heterocycles. The number of fused-ring (bicyclic) bond motifs is 1. The molecule has 36 heavy (non-hydrogen) atoms. The first-order chi connectivity index (χ1) is 17.4. The lowest BCUT2D eigenvalue weighted by atomic mass is 10.0. The number of aromatic nitrogens is 1. The second-order valence-electron chi connectivity index (χ2n) is 8.97. The van der Waals surface area contributed by atoms with Crippen LogP contribution in [0.25, 0.3) is 33.6 Å². The molecule has 3 heterocycles. The predicted octanol–water partition coefficient (Wildman–Crippen LogP) is 5.29. The lowest BCUT2D eigenvalue weighted by Gasteiger charge is -2.19. The van der Waals surface area contributed by atoms with E-state index in [1.807, 2.05) is 29.2 Å². The molecule has 0 aliphatic carbocycles. The molecule has 1 fully saturated rings. The van der Waals surface area contributed by atoms with E-state index in [0.717, 1.165) is 16.8 Å². The first-order valence-corrected chi connectivity index (χ1v) is 11.6. The minimum Gasteiger partial charge on any atom is -0.496 e. The zero-order chi connectivity index (χ0) is 25.4. The van der Waals surface area contributed by atoms with Crippen molar-refractivity contribution in [1.29, 1.82) is 5.26 Å². The summed E-state index contributed by atoms with van der Waals surface area (Å²) in [5, 5.41) is 9.79. The lowest BCUT2D eigenvalue weighted by molar-refractivity contribution is 0.0827. The quantitative estimate of drug-likeness (QED) is 0.383. The molecule has 5 rings (SSSR count). The fraction of sp³-hybridized carbons (Fsp3) is 0.250. The summed E-state index contributed by atoms with van der Waals surface area (Å²) in [5.74, 6) is 0.936. The molecular formula is C28H25FN4O3. The number of nitriles is 1. The monoisotopic (exact) mass is 484 g/mol. The fourth-order valence-corrected chi connectivity index (χ4v) is 4.59. The van der Waals surface area contributed by atoms with Crippen molar-refractivity contribution in [3.05, 3.63) is 65.9 Å². The number of benzene rings is 2. The van der Waals surface area contributed by atoms with Gasteiger partial charge in [0.05, 0.1) is 23.9 Å². The molecular weight excluding hydrogens is 459 g/mol. The Balaban J connectivity index is 1.56. The number of methoxy groups -OCH3 is 1. The smallest absolute Gasteiger partial charge is 0.253 e. The van der Waals surface area contributed by atoms with Crippen molar-refractivity contribution in [3.8, 4) is 34.3 Å². The third-order valence-corrected chi connectivity index (χ3v) is 6.43. The maximum atomic E-state index is 13.7. The van der Waals surface area contributed by atoms with Crippen molar-refractivity contribution < 1.29 is 18.3 Å². The van der Waals surface area contributed by atoms with Crippen LogP contribution in [0.1, 0.15) is 22.3 Å². The van der Waals surface area contributed by atoms with Crippen molar-refractivity contribution in [1.82, 2.24) is 9.88 Å². The topological polar surface area (TPSA) is 82.6 Å². The normalized spacial score (nSPS) is 15.2. The molecule has 0 bridgehead atoms. The Morgan fingerprint density at radius 3 is 2.72 bits per heavy atom. The van der Waals surface area contributed by atoms with Gasteiger partial charge in [0, 0.05) is 50.6 Å². The van der Waals surface area contributed by atoms with Gasteiger partial charge in [0.1, 0.15) is 29.3 Å². The van der Waals surface area contributed by atoms with Gasteiger partial charge < -0.3 is 19.0 Å². The predicted molar refractivity (Wildman–Crippen MR) is 136 cm³/mol. The highest BCUT2D eigenvalue weighted by atomic mass is 19.1. The summed E-state index contributed by atoms with van der Waals surface area (Å²) < 4.78 is 25.6. The van der Waals surface area contributed by atoms with Gasteiger partial charge in [0.25, 0.3) is 5.91 Å². The summed E-state index contributed by atoms with van der Waals surface area (Å²) in [4.78, 5) is 20.3. The first kappa shape index (κ1) is 23.4. The Kier molecular flexibility index (Phi) is 6.06. The molecule has 8 heteroatoms. The number of amides is 1. The molecule has 1 aliphatic rings. The van der Waals surface area contributed by atoms with Gasteiger partial charge in [0.15, 0.2) is 5.58 Å². The van der Waals surface area contributed by atoms with E-state index >= 15 is 0 Å². The minimum absolute atomic E-state index is 0.124. The van der Waals surface area contributed by atoms with Gasteiger partial charge in [-0.25, -0.2) is 4.39 Å². The molecule has 7 nitrogen and oxygen atoms in total. The average Bonchev–Trinajstić information content (AvgIpc) is 3.53. The molecule has 0 saturated carbocycles. The number of alkyl halides is 1. The van der Waals surface area contributed by atoms with Gasteiger partial charge >= 0.3 is 0 Å². The average molecular weight is 485 g/mol. The van der Waals surface area contributed by atoms with E-state index in [4.69, 9.17) is 9.15 Å². The van der Waals surface area contributed by atoms with E-state index in [1.165, 1.54) is 4.90 Å². The van der Waals surface area contributed by atoms with Crippen molar-refractivity contribution in [2.45, 2.75) is 12.6 Å². The number of ether oxygens (including phenoxy) is 1. The Morgan fingerprint density at radius 1 is 1.19 bits per heavy atom. The number of halogens is 1. The summed E-state index contributed by atoms with van der Waals surface area (Å²) in [7, 11) is 4.94. The first-order valence-electron chi connectivity index (χ1n) is 11.6. The zero-order valence-electron chi connectivity index (χ0n) is 20.3. The molecule has 2 aromatic heterocycles. The van der Waals surface area contributed by atoms with E-state index < -0.39 is 6.17 Å². The third kappa shape index (κ3) is 4.13. The van der Waals surface area contributed by atoms with Crippen LogP contribution in [-0.2, 0) is 0 Å². The molecule has 0 radical (unpaired) electrons. The molecule has 182 valence electrons. The SMILES string of the molecule is COc1cc(C(=O)N(C)C)ccc1-c1cc2nccc(-c3ccc(N4CC[C@@H](F)C4)c(C#N)c3)c2o1. The molecule has 0 unspecified atom stereocenters. The molecule has 0 spiro atoms. The highest BCUT2D eigenvalue weighted by Crippen LogP contribution is 2.38. The second-order valence-corrected chi connectivity index (χ2v) is 8.97. The Bertz CT molecular complexity index is 1500. The highest BCUT2D eigenvalue weighted by molar-refractivity contribution is 5.96. The number of nitrogens with zero attached hydrogens (tertiary/aromatic N) is 4. The van der Waals surface area contributed by atoms with Gasteiger partial charge in [-0.1, -0.05) is 6.07 Å². The van der Waals surface area contributed by atoms with Gasteiger partial charge in [-0.3, -0.25) is 9.78 Å². The van der Waals surface area contributed by atoms with E-state index in [1.54, 1.807) is 51.7 Å². The van der Waals surface area contributed by atoms with Crippen LogP contribution in [0.4, 0.5) is 10.1 Å². The molecule has 4 aromatic rings. The Hall–Kier alpha value is -4.38. The van der Waals surface area contributed by atoms with Crippen LogP contribution in [0.2, 0.25) is 0 Å². The maximum Gasteiger partial charge on any atom is 0.253 e. The number of hydrogen-bond donors (Lipinski definition) is 0. The van der Waals surface area contributed by atoms with Crippen LogP contribution < -0.4 is 9.64 Å². The van der Waals surface area contributed by atoms with Crippen molar-refractivity contribution in [3.63, 3.8) is 0 Å². The Morgan fingerprint density at radius 2 is 2.03 bits per heavy atom. The number of hydrogen-bond acceptors (Lipinski definition) is 6. The van der Waals surface area contributed by atoms with Crippen LogP contribution >= 0.6 is 0 Å². The van der Waals surface area contributed by atoms with E-state index in [-0.39, 0.29) is 5.91 Å². The summed E-state index contributed by atoms with van der Waals surface area (Å²) in [5.41, 5.74) is 5.25. The van der Waals surface area contributed by atoms with Gasteiger partial charge in [-0.05, 0) is 48.4 Å². The zero-order valence-corrected chi connectivity index (χ0v) is 20.3. The molecule has 1 saturated heterocycles. The number of furan rings is 1. The number of rotatable bonds is 5. The summed E-state index contributed by atoms with van der Waals surface area (Å²) in [6.45, 7) is 0.896. The van der Waals surface area contributed by atoms with Crippen molar-refractivity contribution >= 4 is 22.7 Å². The summed E-state index contributed by atoms with van der Waals surface area (Å²) >= 11 is 0. The largest absolute Gasteiger partial charge is 0.496 e. The number of anilines is 1. The van der Waals surface area contributed by atoms with Gasteiger partial charge in [0.2, 0.25) is 0 Å². The van der Waals surface area contributed by atoms with E-state index in [2.05, 4.69) is 11.1 Å². The van der Waals surface area contributed by atoms with Crippen molar-refractivity contribution in [2.24, 2.45) is 0 Å². The van der Waals surface area contributed by atoms with Crippen molar-refractivity contribution in [2.75, 3.05) is 39.2 Å². The van der Waals surface area contributed by atoms with E-state index in [0.29, 0.717) is 58.8 Å². The van der Waals surface area contributed by atoms with Crippen LogP contribution in [0, 0.1) is 11.3 Å². The number of carbonyl (C=O) groups is 1. The lowest BCUT2D eigenvalue weighted by Crippen LogP contribution is -2.21. The standard InChI is InChI=1S/C28H25FN4O3/c1-32(2)28(34)18-4-6-22(25(13-18)35-3)26-14-23-27(36-26)21(8-10-31-23)17-5-7-24(19(12-17)15-30)33-11-9-20(29)16-33/h4-8,10,12-14,20H,9,11,16H2,1-3H3/t20-/m1/s1. The molecule has 1 amide bonds. The second kappa shape index (κ2) is 9.34.